The normalized spacial score (nSPS) is 16.9. The molecule has 2 aromatic carbocycles. The molecule has 0 bridgehead atoms. The van der Waals surface area contributed by atoms with Crippen molar-refractivity contribution in [2.24, 2.45) is 5.92 Å². The Bertz CT molecular complexity index is 983. The number of nitrogens with zero attached hydrogens (tertiary/aromatic N) is 1. The van der Waals surface area contributed by atoms with Crippen molar-refractivity contribution in [2.45, 2.75) is 17.7 Å². The third kappa shape index (κ3) is 4.36. The van der Waals surface area contributed by atoms with Gasteiger partial charge in [0.05, 0.1) is 28.3 Å². The summed E-state index contributed by atoms with van der Waals surface area (Å²) in [6.07, 6.45) is 0.400. The van der Waals surface area contributed by atoms with Crippen molar-refractivity contribution in [3.05, 3.63) is 58.1 Å². The number of carbonyl (C=O) groups excluding carboxylic acids is 2. The average Bonchev–Trinajstić information content (AvgIpc) is 3.26. The van der Waals surface area contributed by atoms with E-state index in [2.05, 4.69) is 10.6 Å². The van der Waals surface area contributed by atoms with Crippen LogP contribution in [0.25, 0.3) is 0 Å². The van der Waals surface area contributed by atoms with Crippen molar-refractivity contribution in [3.63, 3.8) is 0 Å². The molecule has 2 N–H and O–H groups in total. The van der Waals surface area contributed by atoms with Gasteiger partial charge < -0.3 is 10.6 Å². The highest BCUT2D eigenvalue weighted by atomic mass is 35.5. The fourth-order valence-electron chi connectivity index (χ4n) is 2.60. The van der Waals surface area contributed by atoms with E-state index >= 15 is 0 Å². The molecule has 0 saturated heterocycles. The molecule has 1 aliphatic rings. The van der Waals surface area contributed by atoms with Crippen molar-refractivity contribution in [3.8, 4) is 6.07 Å². The zero-order valence-corrected chi connectivity index (χ0v) is 16.4. The van der Waals surface area contributed by atoms with Gasteiger partial charge in [0.15, 0.2) is 0 Å². The lowest BCUT2D eigenvalue weighted by Gasteiger charge is -2.12. The molecule has 5 nitrogen and oxygen atoms in total. The smallest absolute Gasteiger partial charge is 0.255 e. The van der Waals surface area contributed by atoms with Crippen LogP contribution in [0.15, 0.2) is 36.4 Å². The lowest BCUT2D eigenvalue weighted by Crippen LogP contribution is -2.17. The summed E-state index contributed by atoms with van der Waals surface area (Å²) in [7, 11) is 0. The van der Waals surface area contributed by atoms with Gasteiger partial charge in [-0.15, -0.1) is 23.2 Å². The SMILES string of the molecule is Cc1cc(C#N)ccc1C(=O)Nc1cc(NC(=O)C2CC2(Cl)Cl)ccc1Cl. The zero-order valence-electron chi connectivity index (χ0n) is 14.1. The monoisotopic (exact) mass is 421 g/mol. The van der Waals surface area contributed by atoms with Crippen LogP contribution in [0, 0.1) is 24.2 Å². The van der Waals surface area contributed by atoms with Crippen molar-refractivity contribution < 1.29 is 9.59 Å². The average molecular weight is 423 g/mol. The molecular formula is C19H14Cl3N3O2. The molecule has 1 unspecified atom stereocenters. The van der Waals surface area contributed by atoms with E-state index in [-0.39, 0.29) is 11.8 Å². The summed E-state index contributed by atoms with van der Waals surface area (Å²) in [5, 5.41) is 14.7. The summed E-state index contributed by atoms with van der Waals surface area (Å²) < 4.78 is -1.01. The van der Waals surface area contributed by atoms with Crippen LogP contribution in [-0.2, 0) is 4.79 Å². The lowest BCUT2D eigenvalue weighted by molar-refractivity contribution is -0.117. The number of hydrogen-bond donors (Lipinski definition) is 2. The van der Waals surface area contributed by atoms with Crippen molar-refractivity contribution in [1.29, 1.82) is 5.26 Å². The molecular weight excluding hydrogens is 409 g/mol. The molecule has 3 rings (SSSR count). The summed E-state index contributed by atoms with van der Waals surface area (Å²) in [6, 6.07) is 11.6. The first kappa shape index (κ1) is 19.5. The van der Waals surface area contributed by atoms with Gasteiger partial charge in [-0.1, -0.05) is 11.6 Å². The van der Waals surface area contributed by atoms with Crippen LogP contribution in [0.3, 0.4) is 0 Å². The van der Waals surface area contributed by atoms with Crippen LogP contribution < -0.4 is 10.6 Å². The van der Waals surface area contributed by atoms with Gasteiger partial charge in [0.25, 0.3) is 5.91 Å². The number of benzene rings is 2. The quantitative estimate of drug-likeness (QED) is 0.687. The third-order valence-corrected chi connectivity index (χ3v) is 5.39. The minimum Gasteiger partial charge on any atom is -0.326 e. The number of carbonyl (C=O) groups is 2. The van der Waals surface area contributed by atoms with Crippen LogP contribution in [0.1, 0.15) is 27.9 Å². The number of amides is 2. The predicted octanol–water partition coefficient (Wildman–Crippen LogP) is 4.90. The summed E-state index contributed by atoms with van der Waals surface area (Å²) >= 11 is 18.0. The second kappa shape index (κ2) is 7.40. The summed E-state index contributed by atoms with van der Waals surface area (Å²) in [6.45, 7) is 1.74. The predicted molar refractivity (Wildman–Crippen MR) is 106 cm³/mol. The van der Waals surface area contributed by atoms with Gasteiger partial charge in [-0.2, -0.15) is 5.26 Å². The van der Waals surface area contributed by atoms with Gasteiger partial charge in [-0.25, -0.2) is 0 Å². The van der Waals surface area contributed by atoms with E-state index in [0.717, 1.165) is 0 Å². The Morgan fingerprint density at radius 2 is 1.89 bits per heavy atom. The Hall–Kier alpha value is -2.26. The van der Waals surface area contributed by atoms with Gasteiger partial charge >= 0.3 is 0 Å². The molecule has 0 heterocycles. The largest absolute Gasteiger partial charge is 0.326 e. The van der Waals surface area contributed by atoms with Gasteiger partial charge in [-0.3, -0.25) is 9.59 Å². The second-order valence-electron chi connectivity index (χ2n) is 6.30. The minimum atomic E-state index is -1.01. The van der Waals surface area contributed by atoms with E-state index in [1.54, 1.807) is 43.3 Å². The number of aryl methyl sites for hydroxylation is 1. The lowest BCUT2D eigenvalue weighted by atomic mass is 10.0. The maximum atomic E-state index is 12.5. The first-order chi connectivity index (χ1) is 12.7. The molecule has 2 aromatic rings. The standard InChI is InChI=1S/C19H14Cl3N3O2/c1-10-6-11(9-23)2-4-13(10)17(26)25-16-7-12(3-5-15(16)20)24-18(27)14-8-19(14,21)22/h2-7,14H,8H2,1H3,(H,24,27)(H,25,26). The van der Waals surface area contributed by atoms with Crippen LogP contribution >= 0.6 is 34.8 Å². The van der Waals surface area contributed by atoms with Gasteiger partial charge in [0.2, 0.25) is 5.91 Å². The maximum Gasteiger partial charge on any atom is 0.255 e. The number of hydrogen-bond acceptors (Lipinski definition) is 3. The topological polar surface area (TPSA) is 82.0 Å². The van der Waals surface area contributed by atoms with Gasteiger partial charge in [0, 0.05) is 11.3 Å². The third-order valence-electron chi connectivity index (χ3n) is 4.22. The molecule has 1 saturated carbocycles. The first-order valence-electron chi connectivity index (χ1n) is 8.01. The van der Waals surface area contributed by atoms with Crippen molar-refractivity contribution in [1.82, 2.24) is 0 Å². The molecule has 0 aliphatic heterocycles. The highest BCUT2D eigenvalue weighted by molar-refractivity contribution is 6.52. The van der Waals surface area contributed by atoms with Gasteiger partial charge in [0.1, 0.15) is 4.33 Å². The van der Waals surface area contributed by atoms with Gasteiger partial charge in [-0.05, 0) is 55.3 Å². The maximum absolute atomic E-state index is 12.5. The Morgan fingerprint density at radius 3 is 2.48 bits per heavy atom. The Balaban J connectivity index is 1.76. The van der Waals surface area contributed by atoms with E-state index in [4.69, 9.17) is 40.1 Å². The van der Waals surface area contributed by atoms with E-state index in [9.17, 15) is 9.59 Å². The fourth-order valence-corrected chi connectivity index (χ4v) is 3.28. The highest BCUT2D eigenvalue weighted by Crippen LogP contribution is 2.53. The van der Waals surface area contributed by atoms with Crippen molar-refractivity contribution >= 4 is 58.0 Å². The molecule has 0 radical (unpaired) electrons. The zero-order chi connectivity index (χ0) is 19.8. The van der Waals surface area contributed by atoms with Crippen LogP contribution in [0.4, 0.5) is 11.4 Å². The molecule has 1 atom stereocenters. The first-order valence-corrected chi connectivity index (χ1v) is 9.15. The molecule has 27 heavy (non-hydrogen) atoms. The number of nitriles is 1. The second-order valence-corrected chi connectivity index (χ2v) is 8.25. The number of alkyl halides is 2. The molecule has 0 aromatic heterocycles. The number of rotatable bonds is 4. The van der Waals surface area contributed by atoms with E-state index in [0.29, 0.717) is 39.5 Å². The van der Waals surface area contributed by atoms with Crippen LogP contribution in [-0.4, -0.2) is 16.1 Å². The Labute approximate surface area is 171 Å². The summed E-state index contributed by atoms with van der Waals surface area (Å²) in [4.78, 5) is 24.7. The molecule has 2 amide bonds. The Kier molecular flexibility index (Phi) is 5.34. The fraction of sp³-hybridized carbons (Fsp3) is 0.211. The molecule has 138 valence electrons. The highest BCUT2D eigenvalue weighted by Gasteiger charge is 2.56. The molecule has 8 heteroatoms. The summed E-state index contributed by atoms with van der Waals surface area (Å²) in [5.74, 6) is -1.12. The van der Waals surface area contributed by atoms with Crippen LogP contribution in [0.5, 0.6) is 0 Å². The van der Waals surface area contributed by atoms with Crippen molar-refractivity contribution in [2.75, 3.05) is 10.6 Å². The number of anilines is 2. The van der Waals surface area contributed by atoms with E-state index in [1.807, 2.05) is 6.07 Å². The molecule has 1 aliphatic carbocycles. The number of nitrogens with one attached hydrogen (secondary N) is 2. The molecule has 1 fully saturated rings. The number of halogens is 3. The van der Waals surface area contributed by atoms with Crippen LogP contribution in [0.2, 0.25) is 5.02 Å². The summed E-state index contributed by atoms with van der Waals surface area (Å²) in [5.41, 5.74) is 2.38. The molecule has 0 spiro atoms. The Morgan fingerprint density at radius 1 is 1.19 bits per heavy atom. The van der Waals surface area contributed by atoms with E-state index in [1.165, 1.54) is 0 Å². The minimum absolute atomic E-state index is 0.289. The van der Waals surface area contributed by atoms with E-state index < -0.39 is 10.3 Å².